The average molecular weight is 223 g/mol. The Morgan fingerprint density at radius 2 is 2.19 bits per heavy atom. The van der Waals surface area contributed by atoms with Crippen LogP contribution in [0.4, 0.5) is 0 Å². The SMILES string of the molecule is CCCCn1nc(CNC(C)C)ccc1=O. The van der Waals surface area contributed by atoms with E-state index in [2.05, 4.69) is 31.2 Å². The lowest BCUT2D eigenvalue weighted by molar-refractivity contribution is 0.513. The molecule has 0 fully saturated rings. The number of hydrogen-bond acceptors (Lipinski definition) is 3. The number of hydrogen-bond donors (Lipinski definition) is 1. The molecule has 1 aromatic rings. The second-order valence-corrected chi connectivity index (χ2v) is 4.28. The lowest BCUT2D eigenvalue weighted by Gasteiger charge is -2.09. The van der Waals surface area contributed by atoms with E-state index in [-0.39, 0.29) is 5.56 Å². The monoisotopic (exact) mass is 223 g/mol. The molecule has 0 saturated heterocycles. The highest BCUT2D eigenvalue weighted by molar-refractivity contribution is 5.00. The van der Waals surface area contributed by atoms with Crippen molar-refractivity contribution in [3.8, 4) is 0 Å². The zero-order chi connectivity index (χ0) is 12.0. The summed E-state index contributed by atoms with van der Waals surface area (Å²) in [4.78, 5) is 11.5. The zero-order valence-corrected chi connectivity index (χ0v) is 10.4. The van der Waals surface area contributed by atoms with Crippen LogP contribution in [0.5, 0.6) is 0 Å². The van der Waals surface area contributed by atoms with Gasteiger partial charge in [-0.2, -0.15) is 5.10 Å². The van der Waals surface area contributed by atoms with Crippen molar-refractivity contribution < 1.29 is 0 Å². The van der Waals surface area contributed by atoms with Crippen molar-refractivity contribution >= 4 is 0 Å². The molecule has 0 unspecified atom stereocenters. The minimum atomic E-state index is -0.0123. The fraction of sp³-hybridized carbons (Fsp3) is 0.667. The number of nitrogens with zero attached hydrogens (tertiary/aromatic N) is 2. The van der Waals surface area contributed by atoms with E-state index in [4.69, 9.17) is 0 Å². The maximum atomic E-state index is 11.5. The standard InChI is InChI=1S/C12H21N3O/c1-4-5-8-15-12(16)7-6-11(14-15)9-13-10(2)3/h6-7,10,13H,4-5,8-9H2,1-3H3. The van der Waals surface area contributed by atoms with Gasteiger partial charge in [-0.3, -0.25) is 4.79 Å². The number of aromatic nitrogens is 2. The zero-order valence-electron chi connectivity index (χ0n) is 10.4. The molecule has 1 aromatic heterocycles. The average Bonchev–Trinajstić information content (AvgIpc) is 2.26. The summed E-state index contributed by atoms with van der Waals surface area (Å²) in [6.07, 6.45) is 2.07. The summed E-state index contributed by atoms with van der Waals surface area (Å²) in [5.41, 5.74) is 0.908. The van der Waals surface area contributed by atoms with Gasteiger partial charge >= 0.3 is 0 Å². The minimum absolute atomic E-state index is 0.0123. The van der Waals surface area contributed by atoms with Crippen LogP contribution in [0, 0.1) is 0 Å². The number of aryl methyl sites for hydroxylation is 1. The maximum absolute atomic E-state index is 11.5. The molecular formula is C12H21N3O. The van der Waals surface area contributed by atoms with Crippen LogP contribution in [-0.2, 0) is 13.1 Å². The maximum Gasteiger partial charge on any atom is 0.266 e. The number of nitrogens with one attached hydrogen (secondary N) is 1. The third kappa shape index (κ3) is 4.14. The quantitative estimate of drug-likeness (QED) is 0.795. The predicted molar refractivity (Wildman–Crippen MR) is 65.4 cm³/mol. The molecule has 0 aliphatic heterocycles. The molecule has 0 aliphatic carbocycles. The van der Waals surface area contributed by atoms with Crippen molar-refractivity contribution in [3.05, 3.63) is 28.2 Å². The predicted octanol–water partition coefficient (Wildman–Crippen LogP) is 1.54. The second kappa shape index (κ2) is 6.43. The first kappa shape index (κ1) is 12.9. The number of rotatable bonds is 6. The highest BCUT2D eigenvalue weighted by Gasteiger charge is 2.01. The molecular weight excluding hydrogens is 202 g/mol. The second-order valence-electron chi connectivity index (χ2n) is 4.28. The summed E-state index contributed by atoms with van der Waals surface area (Å²) in [7, 11) is 0. The van der Waals surface area contributed by atoms with Gasteiger partial charge in [-0.15, -0.1) is 0 Å². The van der Waals surface area contributed by atoms with E-state index in [1.54, 1.807) is 16.8 Å². The molecule has 1 N–H and O–H groups in total. The Kier molecular flexibility index (Phi) is 5.19. The summed E-state index contributed by atoms with van der Waals surface area (Å²) in [6.45, 7) is 7.71. The normalized spacial score (nSPS) is 11.0. The highest BCUT2D eigenvalue weighted by atomic mass is 16.1. The molecule has 0 radical (unpaired) electrons. The Hall–Kier alpha value is -1.16. The van der Waals surface area contributed by atoms with Gasteiger partial charge in [0.25, 0.3) is 5.56 Å². The fourth-order valence-corrected chi connectivity index (χ4v) is 1.36. The van der Waals surface area contributed by atoms with Gasteiger partial charge < -0.3 is 5.32 Å². The van der Waals surface area contributed by atoms with Gasteiger partial charge in [0.15, 0.2) is 0 Å². The Morgan fingerprint density at radius 1 is 1.44 bits per heavy atom. The van der Waals surface area contributed by atoms with Gasteiger partial charge in [0.05, 0.1) is 5.69 Å². The fourth-order valence-electron chi connectivity index (χ4n) is 1.36. The van der Waals surface area contributed by atoms with Crippen LogP contribution in [0.1, 0.15) is 39.3 Å². The van der Waals surface area contributed by atoms with Crippen LogP contribution in [-0.4, -0.2) is 15.8 Å². The van der Waals surface area contributed by atoms with Crippen molar-refractivity contribution in [3.63, 3.8) is 0 Å². The van der Waals surface area contributed by atoms with Crippen LogP contribution in [0.25, 0.3) is 0 Å². The van der Waals surface area contributed by atoms with E-state index >= 15 is 0 Å². The highest BCUT2D eigenvalue weighted by Crippen LogP contribution is 1.94. The Morgan fingerprint density at radius 3 is 2.81 bits per heavy atom. The number of unbranched alkanes of at least 4 members (excludes halogenated alkanes) is 1. The van der Waals surface area contributed by atoms with Crippen molar-refractivity contribution in [1.82, 2.24) is 15.1 Å². The van der Waals surface area contributed by atoms with Crippen LogP contribution < -0.4 is 10.9 Å². The Labute approximate surface area is 96.7 Å². The van der Waals surface area contributed by atoms with Crippen LogP contribution >= 0.6 is 0 Å². The van der Waals surface area contributed by atoms with Crippen LogP contribution in [0.15, 0.2) is 16.9 Å². The van der Waals surface area contributed by atoms with Crippen molar-refractivity contribution in [1.29, 1.82) is 0 Å². The molecule has 1 heterocycles. The van der Waals surface area contributed by atoms with E-state index in [9.17, 15) is 4.79 Å². The van der Waals surface area contributed by atoms with Crippen molar-refractivity contribution in [2.45, 2.75) is 52.7 Å². The largest absolute Gasteiger partial charge is 0.309 e. The minimum Gasteiger partial charge on any atom is -0.309 e. The molecule has 0 spiro atoms. The van der Waals surface area contributed by atoms with Gasteiger partial charge in [0, 0.05) is 25.2 Å². The lowest BCUT2D eigenvalue weighted by atomic mass is 10.3. The summed E-state index contributed by atoms with van der Waals surface area (Å²) < 4.78 is 1.56. The third-order valence-corrected chi connectivity index (χ3v) is 2.34. The van der Waals surface area contributed by atoms with Crippen molar-refractivity contribution in [2.24, 2.45) is 0 Å². The van der Waals surface area contributed by atoms with Crippen LogP contribution in [0.2, 0.25) is 0 Å². The first-order chi connectivity index (χ1) is 7.63. The van der Waals surface area contributed by atoms with Gasteiger partial charge in [-0.25, -0.2) is 4.68 Å². The van der Waals surface area contributed by atoms with Crippen molar-refractivity contribution in [2.75, 3.05) is 0 Å². The van der Waals surface area contributed by atoms with Gasteiger partial charge in [0.2, 0.25) is 0 Å². The van der Waals surface area contributed by atoms with Crippen LogP contribution in [0.3, 0.4) is 0 Å². The molecule has 0 amide bonds. The third-order valence-electron chi connectivity index (χ3n) is 2.34. The summed E-state index contributed by atoms with van der Waals surface area (Å²) >= 11 is 0. The van der Waals surface area contributed by atoms with E-state index < -0.39 is 0 Å². The van der Waals surface area contributed by atoms with E-state index in [1.165, 1.54) is 0 Å². The summed E-state index contributed by atoms with van der Waals surface area (Å²) in [5.74, 6) is 0. The van der Waals surface area contributed by atoms with E-state index in [0.717, 1.165) is 18.5 Å². The topological polar surface area (TPSA) is 46.9 Å². The first-order valence-electron chi connectivity index (χ1n) is 5.94. The van der Waals surface area contributed by atoms with E-state index in [0.29, 0.717) is 19.1 Å². The van der Waals surface area contributed by atoms with Gasteiger partial charge in [-0.1, -0.05) is 27.2 Å². The van der Waals surface area contributed by atoms with E-state index in [1.807, 2.05) is 0 Å². The summed E-state index contributed by atoms with van der Waals surface area (Å²) in [6, 6.07) is 3.82. The molecule has 0 bridgehead atoms. The lowest BCUT2D eigenvalue weighted by Crippen LogP contribution is -2.27. The Bertz CT molecular complexity index is 371. The molecule has 0 aliphatic rings. The molecule has 1 rings (SSSR count). The molecule has 0 aromatic carbocycles. The Balaban J connectivity index is 2.69. The molecule has 90 valence electrons. The summed E-state index contributed by atoms with van der Waals surface area (Å²) in [5, 5.41) is 7.61. The molecule has 0 atom stereocenters. The first-order valence-corrected chi connectivity index (χ1v) is 5.94. The van der Waals surface area contributed by atoms with Gasteiger partial charge in [-0.05, 0) is 12.5 Å². The smallest absolute Gasteiger partial charge is 0.266 e. The molecule has 0 saturated carbocycles. The molecule has 4 heteroatoms. The molecule has 4 nitrogen and oxygen atoms in total. The molecule has 16 heavy (non-hydrogen) atoms. The van der Waals surface area contributed by atoms with Gasteiger partial charge in [0.1, 0.15) is 0 Å².